The van der Waals surface area contributed by atoms with Gasteiger partial charge >= 0.3 is 0 Å². The Hall–Kier alpha value is -4.01. The number of benzene rings is 2. The van der Waals surface area contributed by atoms with Gasteiger partial charge in [0.25, 0.3) is 0 Å². The van der Waals surface area contributed by atoms with E-state index in [1.54, 1.807) is 18.2 Å². The Morgan fingerprint density at radius 1 is 1.06 bits per heavy atom. The van der Waals surface area contributed by atoms with Gasteiger partial charge in [0, 0.05) is 18.3 Å². The summed E-state index contributed by atoms with van der Waals surface area (Å²) in [6, 6.07) is 11.9. The smallest absolute Gasteiger partial charge is 0.203 e. The maximum Gasteiger partial charge on any atom is 0.203 e. The van der Waals surface area contributed by atoms with Crippen LogP contribution in [0.25, 0.3) is 17.4 Å². The van der Waals surface area contributed by atoms with Crippen molar-refractivity contribution in [2.45, 2.75) is 32.0 Å². The van der Waals surface area contributed by atoms with Crippen LogP contribution in [-0.2, 0) is 14.4 Å². The van der Waals surface area contributed by atoms with Gasteiger partial charge in [-0.25, -0.2) is 0 Å². The number of allylic oxidation sites excluding steroid dienone is 1. The Morgan fingerprint density at radius 3 is 2.36 bits per heavy atom. The zero-order valence-electron chi connectivity index (χ0n) is 19.5. The van der Waals surface area contributed by atoms with Crippen LogP contribution in [0.2, 0.25) is 0 Å². The Labute approximate surface area is 206 Å². The molecule has 0 aromatic heterocycles. The van der Waals surface area contributed by atoms with Crippen LogP contribution >= 0.6 is 0 Å². The first-order valence-electron chi connectivity index (χ1n) is 11.5. The molecule has 0 spiro atoms. The molecule has 0 bridgehead atoms. The molecule has 0 amide bonds. The summed E-state index contributed by atoms with van der Waals surface area (Å²) in [5.41, 5.74) is -1.51. The molecule has 0 saturated heterocycles. The SMILES string of the molecule is CC(=O)C1=C(O)[C@@]2(O)C(=O)C3=C(O)c4c(O)cccc4/C(=C\c4ccc(C)cc4)[C@H]3[C@H](O)[C@H]2CC1=O. The molecule has 0 heterocycles. The molecule has 4 atom stereocenters. The molecule has 0 aliphatic heterocycles. The van der Waals surface area contributed by atoms with Gasteiger partial charge in [-0.05, 0) is 36.6 Å². The second-order valence-electron chi connectivity index (χ2n) is 9.55. The van der Waals surface area contributed by atoms with E-state index < -0.39 is 70.0 Å². The van der Waals surface area contributed by atoms with E-state index in [0.717, 1.165) is 12.5 Å². The molecule has 8 nitrogen and oxygen atoms in total. The fraction of sp³-hybridized carbons (Fsp3) is 0.250. The van der Waals surface area contributed by atoms with E-state index in [1.165, 1.54) is 6.07 Å². The molecule has 1 fully saturated rings. The number of rotatable bonds is 2. The molecule has 2 aromatic rings. The van der Waals surface area contributed by atoms with Crippen molar-refractivity contribution < 1.29 is 39.9 Å². The number of carbonyl (C=O) groups is 3. The van der Waals surface area contributed by atoms with Crippen molar-refractivity contribution in [3.05, 3.63) is 81.6 Å². The van der Waals surface area contributed by atoms with E-state index >= 15 is 0 Å². The standard InChI is InChI=1S/C28H24O8/c1-12-6-8-14(9-7-12)10-16-15-4-3-5-18(30)21(15)25(33)23-22(16)24(32)17-11-19(31)20(13(2)29)26(34)28(17,36)27(23)35/h3-10,17,22,24,30,32-34,36H,11H2,1-2H3/b16-10+/t17-,22-,24-,28-/m1/s1. The van der Waals surface area contributed by atoms with Crippen LogP contribution in [0.1, 0.15) is 35.6 Å². The van der Waals surface area contributed by atoms with E-state index in [1.807, 2.05) is 31.2 Å². The molecular weight excluding hydrogens is 464 g/mol. The van der Waals surface area contributed by atoms with Crippen molar-refractivity contribution in [2.75, 3.05) is 0 Å². The van der Waals surface area contributed by atoms with Crippen molar-refractivity contribution in [1.82, 2.24) is 0 Å². The maximum atomic E-state index is 13.8. The number of carbonyl (C=O) groups excluding carboxylic acids is 3. The number of ketones is 3. The highest BCUT2D eigenvalue weighted by atomic mass is 16.4. The first kappa shape index (κ1) is 23.7. The summed E-state index contributed by atoms with van der Waals surface area (Å²) >= 11 is 0. The number of aryl methyl sites for hydroxylation is 1. The maximum absolute atomic E-state index is 13.8. The summed E-state index contributed by atoms with van der Waals surface area (Å²) in [5.74, 6) is -7.54. The van der Waals surface area contributed by atoms with E-state index in [-0.39, 0.29) is 11.3 Å². The van der Waals surface area contributed by atoms with Gasteiger partial charge < -0.3 is 25.5 Å². The summed E-state index contributed by atoms with van der Waals surface area (Å²) < 4.78 is 0. The molecule has 5 N–H and O–H groups in total. The zero-order valence-corrected chi connectivity index (χ0v) is 19.5. The predicted molar refractivity (Wildman–Crippen MR) is 130 cm³/mol. The number of aromatic hydroxyl groups is 1. The quantitative estimate of drug-likeness (QED) is 0.405. The van der Waals surface area contributed by atoms with Crippen LogP contribution in [0.15, 0.2) is 59.4 Å². The number of aliphatic hydroxyl groups is 4. The molecule has 2 aromatic carbocycles. The molecule has 1 saturated carbocycles. The molecule has 0 radical (unpaired) electrons. The van der Waals surface area contributed by atoms with Gasteiger partial charge in [-0.2, -0.15) is 0 Å². The average molecular weight is 488 g/mol. The van der Waals surface area contributed by atoms with Crippen LogP contribution < -0.4 is 0 Å². The minimum Gasteiger partial charge on any atom is -0.508 e. The normalized spacial score (nSPS) is 28.7. The molecule has 36 heavy (non-hydrogen) atoms. The first-order valence-corrected chi connectivity index (χ1v) is 11.5. The summed E-state index contributed by atoms with van der Waals surface area (Å²) in [6.45, 7) is 2.94. The number of aliphatic hydroxyl groups excluding tert-OH is 3. The van der Waals surface area contributed by atoms with Gasteiger partial charge in [0.05, 0.1) is 17.2 Å². The Balaban J connectivity index is 1.81. The summed E-state index contributed by atoms with van der Waals surface area (Å²) in [5, 5.41) is 55.5. The van der Waals surface area contributed by atoms with Crippen LogP contribution in [-0.4, -0.2) is 54.6 Å². The van der Waals surface area contributed by atoms with Crippen molar-refractivity contribution >= 4 is 34.8 Å². The second kappa shape index (κ2) is 8.01. The second-order valence-corrected chi connectivity index (χ2v) is 9.55. The van der Waals surface area contributed by atoms with Crippen LogP contribution in [0.4, 0.5) is 0 Å². The van der Waals surface area contributed by atoms with E-state index in [0.29, 0.717) is 16.7 Å². The molecule has 5 rings (SSSR count). The van der Waals surface area contributed by atoms with Gasteiger partial charge in [-0.3, -0.25) is 14.4 Å². The first-order chi connectivity index (χ1) is 17.0. The number of phenols is 1. The number of hydrogen-bond acceptors (Lipinski definition) is 8. The topological polar surface area (TPSA) is 152 Å². The molecular formula is C28H24O8. The van der Waals surface area contributed by atoms with Crippen LogP contribution in [0.5, 0.6) is 5.75 Å². The summed E-state index contributed by atoms with van der Waals surface area (Å²) in [7, 11) is 0. The fourth-order valence-corrected chi connectivity index (χ4v) is 5.64. The predicted octanol–water partition coefficient (Wildman–Crippen LogP) is 2.80. The molecule has 3 aliphatic rings. The molecule has 0 unspecified atom stereocenters. The number of hydrogen-bond donors (Lipinski definition) is 5. The van der Waals surface area contributed by atoms with Gasteiger partial charge in [0.1, 0.15) is 22.8 Å². The molecule has 8 heteroatoms. The lowest BCUT2D eigenvalue weighted by Gasteiger charge is -2.49. The third kappa shape index (κ3) is 3.11. The van der Waals surface area contributed by atoms with Gasteiger partial charge in [-0.15, -0.1) is 0 Å². The largest absolute Gasteiger partial charge is 0.508 e. The highest BCUT2D eigenvalue weighted by Crippen LogP contribution is 2.55. The monoisotopic (exact) mass is 488 g/mol. The van der Waals surface area contributed by atoms with Crippen molar-refractivity contribution in [3.8, 4) is 5.75 Å². The molecule has 3 aliphatic carbocycles. The fourth-order valence-electron chi connectivity index (χ4n) is 5.64. The highest BCUT2D eigenvalue weighted by Gasteiger charge is 2.64. The summed E-state index contributed by atoms with van der Waals surface area (Å²) in [4.78, 5) is 38.5. The lowest BCUT2D eigenvalue weighted by Crippen LogP contribution is -2.63. The van der Waals surface area contributed by atoms with E-state index in [4.69, 9.17) is 0 Å². The molecule has 184 valence electrons. The van der Waals surface area contributed by atoms with Crippen LogP contribution in [0, 0.1) is 18.8 Å². The number of Topliss-reactive ketones (excluding diaryl/α,β-unsaturated/α-hetero) is 3. The Morgan fingerprint density at radius 2 is 1.72 bits per heavy atom. The third-order valence-corrected chi connectivity index (χ3v) is 7.41. The number of fused-ring (bicyclic) bond motifs is 3. The third-order valence-electron chi connectivity index (χ3n) is 7.41. The van der Waals surface area contributed by atoms with Gasteiger partial charge in [0.15, 0.2) is 17.2 Å². The number of phenolic OH excluding ortho intramolecular Hbond substituents is 1. The minimum absolute atomic E-state index is 0.0631. The minimum atomic E-state index is -2.80. The van der Waals surface area contributed by atoms with Crippen molar-refractivity contribution in [3.63, 3.8) is 0 Å². The lowest BCUT2D eigenvalue weighted by atomic mass is 9.56. The Bertz CT molecular complexity index is 1440. The zero-order chi connectivity index (χ0) is 26.1. The summed E-state index contributed by atoms with van der Waals surface area (Å²) in [6.07, 6.45) is -0.453. The Kier molecular flexibility index (Phi) is 5.28. The van der Waals surface area contributed by atoms with E-state index in [9.17, 15) is 39.9 Å². The van der Waals surface area contributed by atoms with Crippen molar-refractivity contribution in [2.24, 2.45) is 11.8 Å². The van der Waals surface area contributed by atoms with Gasteiger partial charge in [-0.1, -0.05) is 48.0 Å². The average Bonchev–Trinajstić information content (AvgIpc) is 2.82. The van der Waals surface area contributed by atoms with Crippen LogP contribution in [0.3, 0.4) is 0 Å². The van der Waals surface area contributed by atoms with Crippen molar-refractivity contribution in [1.29, 1.82) is 0 Å². The van der Waals surface area contributed by atoms with Gasteiger partial charge in [0.2, 0.25) is 5.78 Å². The lowest BCUT2D eigenvalue weighted by molar-refractivity contribution is -0.157. The van der Waals surface area contributed by atoms with E-state index in [2.05, 4.69) is 0 Å². The highest BCUT2D eigenvalue weighted by molar-refractivity contribution is 6.24.